The lowest BCUT2D eigenvalue weighted by Crippen LogP contribution is -2.46. The number of nitrogens with two attached hydrogens (primary N) is 1. The Kier molecular flexibility index (Phi) is 19.9. The van der Waals surface area contributed by atoms with Gasteiger partial charge in [-0.2, -0.15) is 0 Å². The van der Waals surface area contributed by atoms with Gasteiger partial charge in [0.1, 0.15) is 6.04 Å². The molecule has 0 aromatic heterocycles. The molecule has 0 aromatic carbocycles. The summed E-state index contributed by atoms with van der Waals surface area (Å²) < 4.78 is 47.4. The number of nitrogens with zero attached hydrogens (tertiary/aromatic N) is 2. The quantitative estimate of drug-likeness (QED) is 0.0655. The highest BCUT2D eigenvalue weighted by molar-refractivity contribution is 7.52. The number of ether oxygens (including phenoxy) is 4. The molecule has 15 heteroatoms. The Morgan fingerprint density at radius 2 is 1.21 bits per heavy atom. The first-order chi connectivity index (χ1) is 18.1. The number of carboxylic acid groups (broad SMARTS) is 1. The van der Waals surface area contributed by atoms with Gasteiger partial charge in [0.05, 0.1) is 39.6 Å². The lowest BCUT2D eigenvalue weighted by molar-refractivity contribution is -0.141. The van der Waals surface area contributed by atoms with Gasteiger partial charge < -0.3 is 34.7 Å². The second kappa shape index (κ2) is 21.4. The summed E-state index contributed by atoms with van der Waals surface area (Å²) >= 11 is 0. The molecule has 0 fully saturated rings. The van der Waals surface area contributed by atoms with Crippen LogP contribution < -0.4 is 5.73 Å². The van der Waals surface area contributed by atoms with Crippen molar-refractivity contribution < 1.29 is 52.1 Å². The summed E-state index contributed by atoms with van der Waals surface area (Å²) in [5.41, 5.74) is 5.94. The first-order valence-corrected chi connectivity index (χ1v) is 14.4. The van der Waals surface area contributed by atoms with Gasteiger partial charge in [0, 0.05) is 19.9 Å². The van der Waals surface area contributed by atoms with E-state index in [0.29, 0.717) is 6.42 Å². The lowest BCUT2D eigenvalue weighted by atomic mass is 10.1. The highest BCUT2D eigenvalue weighted by atomic mass is 31.2. The van der Waals surface area contributed by atoms with E-state index in [-0.39, 0.29) is 64.9 Å². The average Bonchev–Trinajstić information content (AvgIpc) is 2.86. The predicted octanol–water partition coefficient (Wildman–Crippen LogP) is 4.31. The largest absolute Gasteiger partial charge is 0.508 e. The van der Waals surface area contributed by atoms with Crippen LogP contribution in [0.3, 0.4) is 0 Å². The van der Waals surface area contributed by atoms with Crippen molar-refractivity contribution in [3.8, 4) is 0 Å². The van der Waals surface area contributed by atoms with Gasteiger partial charge >= 0.3 is 26.0 Å². The molecule has 14 nitrogen and oxygen atoms in total. The van der Waals surface area contributed by atoms with Gasteiger partial charge in [0.25, 0.3) is 0 Å². The first kappa shape index (κ1) is 35.4. The SMILES string of the molecule is CCCCOC(=O)OCCCOP(=O)(N=C(N)N(C)C(CCC)C(=O)O)OCCCOC(=O)OCCCC. The van der Waals surface area contributed by atoms with E-state index in [2.05, 4.69) is 4.76 Å². The number of guanidine groups is 1. The molecule has 0 aliphatic heterocycles. The zero-order valence-electron chi connectivity index (χ0n) is 22.9. The van der Waals surface area contributed by atoms with Crippen LogP contribution in [-0.4, -0.2) is 87.0 Å². The topological polar surface area (TPSA) is 186 Å². The van der Waals surface area contributed by atoms with Crippen LogP contribution in [-0.2, 0) is 37.4 Å². The molecule has 0 spiro atoms. The maximum absolute atomic E-state index is 13.3. The number of unbranched alkanes of at least 4 members (excludes halogenated alkanes) is 2. The smallest absolute Gasteiger partial charge is 0.480 e. The molecule has 0 aliphatic carbocycles. The number of rotatable bonds is 21. The molecule has 0 bridgehead atoms. The summed E-state index contributed by atoms with van der Waals surface area (Å²) in [7, 11) is -2.79. The van der Waals surface area contributed by atoms with Crippen LogP contribution in [0.5, 0.6) is 0 Å². The fraction of sp³-hybridized carbons (Fsp3) is 0.826. The van der Waals surface area contributed by atoms with Crippen LogP contribution in [0.2, 0.25) is 0 Å². The monoisotopic (exact) mass is 569 g/mol. The standard InChI is InChI=1S/C23H44N3O11P/c1-5-8-13-32-22(29)34-15-10-17-36-38(31,25-21(24)26(4)19(12-7-3)20(27)28)37-18-11-16-35-23(30)33-14-9-6-2/h19H,5-18H2,1-4H3,(H,27,28)(H2,24,25,31). The molecule has 222 valence electrons. The Bertz CT molecular complexity index is 731. The number of hydrogen-bond donors (Lipinski definition) is 2. The van der Waals surface area contributed by atoms with E-state index in [1.54, 1.807) is 0 Å². The van der Waals surface area contributed by atoms with Crippen molar-refractivity contribution in [2.24, 2.45) is 10.5 Å². The van der Waals surface area contributed by atoms with E-state index < -0.39 is 32.1 Å². The van der Waals surface area contributed by atoms with E-state index in [1.807, 2.05) is 20.8 Å². The summed E-state index contributed by atoms with van der Waals surface area (Å²) in [6.07, 6.45) is 2.72. The average molecular weight is 570 g/mol. The van der Waals surface area contributed by atoms with E-state index >= 15 is 0 Å². The lowest BCUT2D eigenvalue weighted by Gasteiger charge is -2.26. The number of hydrogen-bond acceptors (Lipinski definition) is 10. The molecule has 0 amide bonds. The van der Waals surface area contributed by atoms with Gasteiger partial charge in [0.2, 0.25) is 5.96 Å². The minimum Gasteiger partial charge on any atom is -0.480 e. The first-order valence-electron chi connectivity index (χ1n) is 12.9. The van der Waals surface area contributed by atoms with E-state index in [1.165, 1.54) is 11.9 Å². The second-order valence-corrected chi connectivity index (χ2v) is 9.81. The van der Waals surface area contributed by atoms with Gasteiger partial charge in [-0.05, 0) is 19.3 Å². The summed E-state index contributed by atoms with van der Waals surface area (Å²) in [5.74, 6) is -1.46. The second-order valence-electron chi connectivity index (χ2n) is 8.15. The van der Waals surface area contributed by atoms with Crippen molar-refractivity contribution in [2.75, 3.05) is 46.7 Å². The molecule has 0 saturated carbocycles. The highest BCUT2D eigenvalue weighted by Gasteiger charge is 2.29. The van der Waals surface area contributed by atoms with Gasteiger partial charge in [-0.3, -0.25) is 9.05 Å². The summed E-state index contributed by atoms with van der Waals surface area (Å²) in [5, 5.41) is 9.46. The Hall–Kier alpha value is -2.57. The van der Waals surface area contributed by atoms with Crippen molar-refractivity contribution in [3.63, 3.8) is 0 Å². The van der Waals surface area contributed by atoms with Crippen LogP contribution in [0.15, 0.2) is 4.76 Å². The maximum Gasteiger partial charge on any atom is 0.508 e. The molecule has 0 saturated heterocycles. The van der Waals surface area contributed by atoms with Crippen LogP contribution in [0, 0.1) is 0 Å². The molecule has 3 N–H and O–H groups in total. The molecule has 1 atom stereocenters. The van der Waals surface area contributed by atoms with Crippen LogP contribution in [0.1, 0.15) is 72.1 Å². The molecule has 0 heterocycles. The van der Waals surface area contributed by atoms with Crippen molar-refractivity contribution >= 4 is 32.0 Å². The van der Waals surface area contributed by atoms with Crippen LogP contribution in [0.4, 0.5) is 9.59 Å². The van der Waals surface area contributed by atoms with E-state index in [4.69, 9.17) is 33.7 Å². The zero-order chi connectivity index (χ0) is 28.8. The minimum atomic E-state index is -4.20. The zero-order valence-corrected chi connectivity index (χ0v) is 23.8. The van der Waals surface area contributed by atoms with Crippen molar-refractivity contribution in [1.29, 1.82) is 0 Å². The molecule has 38 heavy (non-hydrogen) atoms. The summed E-state index contributed by atoms with van der Waals surface area (Å²) in [6, 6.07) is -0.989. The highest BCUT2D eigenvalue weighted by Crippen LogP contribution is 2.50. The van der Waals surface area contributed by atoms with Crippen molar-refractivity contribution in [2.45, 2.75) is 78.2 Å². The third-order valence-electron chi connectivity index (χ3n) is 4.86. The summed E-state index contributed by atoms with van der Waals surface area (Å²) in [4.78, 5) is 35.7. The maximum atomic E-state index is 13.3. The Labute approximate surface area is 224 Å². The van der Waals surface area contributed by atoms with Gasteiger partial charge in [-0.25, -0.2) is 18.9 Å². The van der Waals surface area contributed by atoms with Crippen LogP contribution >= 0.6 is 7.75 Å². The number of carbonyl (C=O) groups excluding carboxylic acids is 2. The van der Waals surface area contributed by atoms with Gasteiger partial charge in [0.15, 0.2) is 0 Å². The fourth-order valence-electron chi connectivity index (χ4n) is 2.68. The Balaban J connectivity index is 5.00. The fourth-order valence-corrected chi connectivity index (χ4v) is 3.98. The normalized spacial score (nSPS) is 12.5. The number of likely N-dealkylation sites (N-methyl/N-ethyl adjacent to an activating group) is 1. The molecule has 0 aliphatic rings. The van der Waals surface area contributed by atoms with Gasteiger partial charge in [-0.15, -0.1) is 4.76 Å². The van der Waals surface area contributed by atoms with Crippen molar-refractivity contribution in [1.82, 2.24) is 4.90 Å². The predicted molar refractivity (Wildman–Crippen MR) is 139 cm³/mol. The van der Waals surface area contributed by atoms with Gasteiger partial charge in [-0.1, -0.05) is 40.0 Å². The summed E-state index contributed by atoms with van der Waals surface area (Å²) in [6.45, 7) is 5.79. The van der Waals surface area contributed by atoms with E-state index in [0.717, 1.165) is 25.7 Å². The van der Waals surface area contributed by atoms with Crippen molar-refractivity contribution in [3.05, 3.63) is 0 Å². The third kappa shape index (κ3) is 17.0. The third-order valence-corrected chi connectivity index (χ3v) is 6.33. The number of carboxylic acids is 1. The Morgan fingerprint density at radius 3 is 1.58 bits per heavy atom. The molecular formula is C23H44N3O11P. The van der Waals surface area contributed by atoms with Crippen LogP contribution in [0.25, 0.3) is 0 Å². The minimum absolute atomic E-state index is 0.0599. The molecule has 0 radical (unpaired) electrons. The molecule has 1 unspecified atom stereocenters. The molecular weight excluding hydrogens is 525 g/mol. The number of carbonyl (C=O) groups is 3. The number of aliphatic carboxylic acids is 1. The van der Waals surface area contributed by atoms with E-state index in [9.17, 15) is 24.1 Å². The molecule has 0 rings (SSSR count). The Morgan fingerprint density at radius 1 is 0.789 bits per heavy atom. The molecule has 0 aromatic rings.